The molecule has 0 unspecified atom stereocenters. The number of imide groups is 1. The van der Waals surface area contributed by atoms with E-state index in [1.54, 1.807) is 12.3 Å². The molecule has 0 fully saturated rings. The minimum absolute atomic E-state index is 0.223. The summed E-state index contributed by atoms with van der Waals surface area (Å²) in [5.41, 5.74) is 1.66. The normalized spacial score (nSPS) is 13.0. The molecule has 0 radical (unpaired) electrons. The molecule has 0 bridgehead atoms. The number of carbonyl (C=O) groups excluding carboxylic acids is 3. The summed E-state index contributed by atoms with van der Waals surface area (Å²) in [4.78, 5) is 42.8. The first-order valence-corrected chi connectivity index (χ1v) is 10.1. The molecule has 0 aliphatic carbocycles. The fourth-order valence-corrected chi connectivity index (χ4v) is 4.21. The topological polar surface area (TPSA) is 79.4 Å². The maximum Gasteiger partial charge on any atom is 0.261 e. The van der Waals surface area contributed by atoms with Crippen molar-refractivity contribution in [2.24, 2.45) is 0 Å². The Bertz CT molecular complexity index is 1180. The van der Waals surface area contributed by atoms with Gasteiger partial charge in [0, 0.05) is 30.1 Å². The maximum atomic E-state index is 12.6. The predicted octanol–water partition coefficient (Wildman–Crippen LogP) is 4.52. The number of amides is 3. The Balaban J connectivity index is 1.50. The van der Waals surface area contributed by atoms with Crippen LogP contribution in [0.1, 0.15) is 41.5 Å². The van der Waals surface area contributed by atoms with Gasteiger partial charge in [-0.3, -0.25) is 24.6 Å². The molecule has 1 aromatic heterocycles. The van der Waals surface area contributed by atoms with E-state index in [0.29, 0.717) is 27.2 Å². The standard InChI is InChI=1S/C20H13Cl2N3O3S/c1-25-18(27)13-6-5-11(8-14(13)19(25)28)17(26)24-20-23-9-12(29-20)7-10-3-2-4-15(21)16(10)22/h2-6,8-9H,7H2,1H3,(H,23,24,26). The van der Waals surface area contributed by atoms with Gasteiger partial charge in [-0.25, -0.2) is 4.98 Å². The Kier molecular flexibility index (Phi) is 5.12. The number of fused-ring (bicyclic) bond motifs is 1. The van der Waals surface area contributed by atoms with Crippen LogP contribution in [0.3, 0.4) is 0 Å². The first-order chi connectivity index (χ1) is 13.8. The Morgan fingerprint density at radius 1 is 1.14 bits per heavy atom. The van der Waals surface area contributed by atoms with Crippen LogP contribution in [0.2, 0.25) is 10.0 Å². The summed E-state index contributed by atoms with van der Waals surface area (Å²) in [7, 11) is 1.41. The lowest BCUT2D eigenvalue weighted by Gasteiger charge is -2.04. The number of anilines is 1. The van der Waals surface area contributed by atoms with Gasteiger partial charge in [-0.1, -0.05) is 35.3 Å². The zero-order chi connectivity index (χ0) is 20.7. The second-order valence-corrected chi connectivity index (χ2v) is 8.31. The summed E-state index contributed by atoms with van der Waals surface area (Å²) in [6.07, 6.45) is 2.20. The molecule has 0 atom stereocenters. The fourth-order valence-electron chi connectivity index (χ4n) is 2.99. The molecule has 0 saturated carbocycles. The summed E-state index contributed by atoms with van der Waals surface area (Å²) in [6.45, 7) is 0. The van der Waals surface area contributed by atoms with Crippen molar-refractivity contribution in [2.75, 3.05) is 12.4 Å². The Morgan fingerprint density at radius 3 is 2.69 bits per heavy atom. The number of benzene rings is 2. The molecule has 4 rings (SSSR count). The van der Waals surface area contributed by atoms with Gasteiger partial charge in [-0.2, -0.15) is 0 Å². The van der Waals surface area contributed by atoms with Crippen LogP contribution < -0.4 is 5.32 Å². The van der Waals surface area contributed by atoms with Crippen LogP contribution in [0.25, 0.3) is 0 Å². The third-order valence-corrected chi connectivity index (χ3v) is 6.29. The number of nitrogens with zero attached hydrogens (tertiary/aromatic N) is 2. The molecule has 2 heterocycles. The highest BCUT2D eigenvalue weighted by molar-refractivity contribution is 7.15. The van der Waals surface area contributed by atoms with Crippen molar-refractivity contribution in [3.63, 3.8) is 0 Å². The van der Waals surface area contributed by atoms with E-state index in [0.717, 1.165) is 15.3 Å². The summed E-state index contributed by atoms with van der Waals surface area (Å²) in [5, 5.41) is 4.12. The highest BCUT2D eigenvalue weighted by Gasteiger charge is 2.33. The highest BCUT2D eigenvalue weighted by atomic mass is 35.5. The van der Waals surface area contributed by atoms with Crippen LogP contribution in [-0.2, 0) is 6.42 Å². The third-order valence-electron chi connectivity index (χ3n) is 4.52. The first kappa shape index (κ1) is 19.6. The molecule has 1 aliphatic heterocycles. The van der Waals surface area contributed by atoms with Crippen molar-refractivity contribution in [1.29, 1.82) is 0 Å². The van der Waals surface area contributed by atoms with Gasteiger partial charge >= 0.3 is 0 Å². The van der Waals surface area contributed by atoms with Crippen molar-refractivity contribution in [2.45, 2.75) is 6.42 Å². The molecule has 0 saturated heterocycles. The summed E-state index contributed by atoms with van der Waals surface area (Å²) in [6, 6.07) is 9.85. The van der Waals surface area contributed by atoms with Crippen molar-refractivity contribution in [1.82, 2.24) is 9.88 Å². The monoisotopic (exact) mass is 445 g/mol. The van der Waals surface area contributed by atoms with Gasteiger partial charge in [0.15, 0.2) is 5.13 Å². The Morgan fingerprint density at radius 2 is 1.90 bits per heavy atom. The molecule has 9 heteroatoms. The maximum absolute atomic E-state index is 12.6. The Labute approximate surface area is 180 Å². The molecule has 2 aromatic carbocycles. The van der Waals surface area contributed by atoms with Gasteiger partial charge in [0.25, 0.3) is 17.7 Å². The number of aromatic nitrogens is 1. The summed E-state index contributed by atoms with van der Waals surface area (Å²) in [5.74, 6) is -1.21. The van der Waals surface area contributed by atoms with E-state index < -0.39 is 11.8 Å². The van der Waals surface area contributed by atoms with Gasteiger partial charge in [-0.05, 0) is 29.8 Å². The molecule has 1 aliphatic rings. The lowest BCUT2D eigenvalue weighted by Crippen LogP contribution is -2.24. The number of thiazole rings is 1. The SMILES string of the molecule is CN1C(=O)c2ccc(C(=O)Nc3ncc(Cc4cccc(Cl)c4Cl)s3)cc2C1=O. The molecule has 29 heavy (non-hydrogen) atoms. The van der Waals surface area contributed by atoms with Crippen LogP contribution in [0.15, 0.2) is 42.6 Å². The van der Waals surface area contributed by atoms with E-state index in [1.807, 2.05) is 12.1 Å². The molecule has 0 spiro atoms. The number of nitrogens with one attached hydrogen (secondary N) is 1. The van der Waals surface area contributed by atoms with E-state index in [2.05, 4.69) is 10.3 Å². The summed E-state index contributed by atoms with van der Waals surface area (Å²) >= 11 is 13.6. The van der Waals surface area contributed by atoms with Crippen LogP contribution in [0.4, 0.5) is 5.13 Å². The average molecular weight is 446 g/mol. The Hall–Kier alpha value is -2.74. The minimum Gasteiger partial charge on any atom is -0.298 e. The number of hydrogen-bond donors (Lipinski definition) is 1. The quantitative estimate of drug-likeness (QED) is 0.598. The molecule has 6 nitrogen and oxygen atoms in total. The van der Waals surface area contributed by atoms with Gasteiger partial charge < -0.3 is 0 Å². The third kappa shape index (κ3) is 3.64. The van der Waals surface area contributed by atoms with Crippen molar-refractivity contribution >= 4 is 57.4 Å². The van der Waals surface area contributed by atoms with Crippen molar-refractivity contribution in [3.8, 4) is 0 Å². The zero-order valence-electron chi connectivity index (χ0n) is 15.0. The van der Waals surface area contributed by atoms with E-state index >= 15 is 0 Å². The largest absolute Gasteiger partial charge is 0.298 e. The van der Waals surface area contributed by atoms with Gasteiger partial charge in [0.05, 0.1) is 21.2 Å². The molecule has 1 N–H and O–H groups in total. The van der Waals surface area contributed by atoms with Crippen molar-refractivity contribution in [3.05, 3.63) is 79.8 Å². The van der Waals surface area contributed by atoms with Crippen LogP contribution >= 0.6 is 34.5 Å². The molecular formula is C20H13Cl2N3O3S. The smallest absolute Gasteiger partial charge is 0.261 e. The van der Waals surface area contributed by atoms with E-state index in [-0.39, 0.29) is 17.0 Å². The van der Waals surface area contributed by atoms with Crippen LogP contribution in [-0.4, -0.2) is 34.7 Å². The van der Waals surface area contributed by atoms with Crippen molar-refractivity contribution < 1.29 is 14.4 Å². The minimum atomic E-state index is -0.422. The van der Waals surface area contributed by atoms with Crippen LogP contribution in [0.5, 0.6) is 0 Å². The molecule has 146 valence electrons. The number of halogens is 2. The van der Waals surface area contributed by atoms with Crippen LogP contribution in [0, 0.1) is 0 Å². The number of carbonyl (C=O) groups is 3. The number of rotatable bonds is 4. The molecule has 3 aromatic rings. The van der Waals surface area contributed by atoms with E-state index in [9.17, 15) is 14.4 Å². The number of hydrogen-bond acceptors (Lipinski definition) is 5. The fraction of sp³-hybridized carbons (Fsp3) is 0.100. The van der Waals surface area contributed by atoms with Gasteiger partial charge in [0.2, 0.25) is 0 Å². The van der Waals surface area contributed by atoms with E-state index in [4.69, 9.17) is 23.2 Å². The highest BCUT2D eigenvalue weighted by Crippen LogP contribution is 2.30. The second-order valence-electron chi connectivity index (χ2n) is 6.41. The van der Waals surface area contributed by atoms with Gasteiger partial charge in [0.1, 0.15) is 0 Å². The summed E-state index contributed by atoms with van der Waals surface area (Å²) < 4.78 is 0. The molecule has 3 amide bonds. The average Bonchev–Trinajstić information content (AvgIpc) is 3.23. The van der Waals surface area contributed by atoms with E-state index in [1.165, 1.54) is 36.6 Å². The molecular weight excluding hydrogens is 433 g/mol. The lowest BCUT2D eigenvalue weighted by atomic mass is 10.1. The lowest BCUT2D eigenvalue weighted by molar-refractivity contribution is 0.0693. The predicted molar refractivity (Wildman–Crippen MR) is 112 cm³/mol. The second kappa shape index (κ2) is 7.59. The first-order valence-electron chi connectivity index (χ1n) is 8.50. The zero-order valence-corrected chi connectivity index (χ0v) is 17.4. The van der Waals surface area contributed by atoms with Gasteiger partial charge in [-0.15, -0.1) is 11.3 Å².